The molecule has 0 bridgehead atoms. The molecule has 1 saturated carbocycles. The largest absolute Gasteiger partial charge is 0.439 e. The third-order valence-corrected chi connectivity index (χ3v) is 9.87. The van der Waals surface area contributed by atoms with Crippen LogP contribution in [0.4, 0.5) is 5.69 Å². The molecule has 3 atom stereocenters. The Morgan fingerprint density at radius 3 is 2.45 bits per heavy atom. The van der Waals surface area contributed by atoms with Gasteiger partial charge in [-0.3, -0.25) is 9.11 Å². The number of anilines is 1. The zero-order valence-electron chi connectivity index (χ0n) is 25.1. The monoisotopic (exact) mass is 645 g/mol. The topological polar surface area (TPSA) is 133 Å². The van der Waals surface area contributed by atoms with E-state index in [4.69, 9.17) is 14.0 Å². The Balaban J connectivity index is 1.44. The molecule has 0 aromatic heterocycles. The third kappa shape index (κ3) is 8.16. The molecule has 2 aliphatic heterocycles. The lowest BCUT2D eigenvalue weighted by Crippen LogP contribution is -2.31. The second kappa shape index (κ2) is 13.5. The normalized spacial score (nSPS) is 23.2. The minimum atomic E-state index is -4.22. The van der Waals surface area contributed by atoms with Crippen LogP contribution in [0.25, 0.3) is 11.1 Å². The Morgan fingerprint density at radius 2 is 1.75 bits per heavy atom. The summed E-state index contributed by atoms with van der Waals surface area (Å²) < 4.78 is 79.7. The number of rotatable bonds is 12. The number of fused-ring (bicyclic) bond motifs is 2. The van der Waals surface area contributed by atoms with Gasteiger partial charge in [0.05, 0.1) is 17.2 Å². The average molecular weight is 646 g/mol. The molecule has 2 aromatic rings. The Bertz CT molecular complexity index is 1670. The van der Waals surface area contributed by atoms with Crippen LogP contribution < -0.4 is 9.64 Å². The number of ether oxygens (including phenoxy) is 2. The van der Waals surface area contributed by atoms with Crippen molar-refractivity contribution in [2.24, 2.45) is 5.92 Å². The molecular formula is C32H41N2O8S2+. The fourth-order valence-corrected chi connectivity index (χ4v) is 7.06. The quantitative estimate of drug-likeness (QED) is 0.180. The van der Waals surface area contributed by atoms with Gasteiger partial charge in [-0.2, -0.15) is 16.8 Å². The number of hydrogen-bond donors (Lipinski definition) is 2. The van der Waals surface area contributed by atoms with Crippen LogP contribution in [0.15, 0.2) is 72.1 Å². The molecule has 1 fully saturated rings. The second-order valence-corrected chi connectivity index (χ2v) is 14.9. The minimum Gasteiger partial charge on any atom is -0.439 e. The van der Waals surface area contributed by atoms with Crippen LogP contribution in [0.1, 0.15) is 52.4 Å². The maximum absolute atomic E-state index is 11.7. The maximum Gasteiger partial charge on any atom is 0.278 e. The molecule has 0 radical (unpaired) electrons. The number of allylic oxidation sites excluding steroid dienone is 2. The van der Waals surface area contributed by atoms with Crippen LogP contribution >= 0.6 is 0 Å². The molecule has 3 unspecified atom stereocenters. The Hall–Kier alpha value is -3.03. The van der Waals surface area contributed by atoms with Crippen molar-refractivity contribution in [2.45, 2.75) is 64.7 Å². The maximum atomic E-state index is 11.7. The van der Waals surface area contributed by atoms with Gasteiger partial charge >= 0.3 is 0 Å². The molecule has 2 heterocycles. The first-order chi connectivity index (χ1) is 20.9. The minimum absolute atomic E-state index is 0.00457. The molecule has 0 spiro atoms. The van der Waals surface area contributed by atoms with E-state index in [1.54, 1.807) is 4.90 Å². The summed E-state index contributed by atoms with van der Waals surface area (Å²) in [5.74, 6) is 0.846. The lowest BCUT2D eigenvalue weighted by atomic mass is 9.87. The molecular weight excluding hydrogens is 604 g/mol. The van der Waals surface area contributed by atoms with Crippen molar-refractivity contribution in [3.8, 4) is 16.9 Å². The van der Waals surface area contributed by atoms with E-state index in [0.717, 1.165) is 36.0 Å². The van der Waals surface area contributed by atoms with Gasteiger partial charge in [0, 0.05) is 31.5 Å². The van der Waals surface area contributed by atoms with E-state index in [0.29, 0.717) is 49.0 Å². The van der Waals surface area contributed by atoms with Crippen molar-refractivity contribution in [2.75, 3.05) is 29.5 Å². The summed E-state index contributed by atoms with van der Waals surface area (Å²) in [6.07, 6.45) is 8.11. The standard InChI is InChI=1S/C32H40N2O8S2/c1-3-24(20-31-33(15-7-8-17-43(35,36)37)27-19-23(2)11-13-29(27)41-31)21-32-34(16-18-44(38,39)40)28-22-26(12-14-30(28)42-32)25-9-5-4-6-10-25/h4-6,9-10,12,14,20-23,29,31H,3,7-8,11,13,15-19H2,1-2H3,(H-,35,36,37,38,39,40)/p+1. The second-order valence-electron chi connectivity index (χ2n) is 11.7. The Morgan fingerprint density at radius 1 is 1.00 bits per heavy atom. The van der Waals surface area contributed by atoms with Gasteiger partial charge in [0.1, 0.15) is 12.6 Å². The first kappa shape index (κ1) is 32.4. The molecule has 2 aromatic carbocycles. The first-order valence-electron chi connectivity index (χ1n) is 15.2. The lowest BCUT2D eigenvalue weighted by Gasteiger charge is -2.20. The van der Waals surface area contributed by atoms with Crippen LogP contribution in [0, 0.1) is 5.92 Å². The highest BCUT2D eigenvalue weighted by Crippen LogP contribution is 2.42. The zero-order chi connectivity index (χ0) is 31.5. The fraction of sp³-hybridized carbons (Fsp3) is 0.469. The highest BCUT2D eigenvalue weighted by Gasteiger charge is 2.43. The van der Waals surface area contributed by atoms with E-state index in [1.807, 2.05) is 61.5 Å². The van der Waals surface area contributed by atoms with Gasteiger partial charge in [-0.25, -0.2) is 4.58 Å². The predicted octanol–water partition coefficient (Wildman–Crippen LogP) is 5.28. The zero-order valence-corrected chi connectivity index (χ0v) is 26.8. The van der Waals surface area contributed by atoms with Gasteiger partial charge in [-0.15, -0.1) is 0 Å². The molecule has 44 heavy (non-hydrogen) atoms. The van der Waals surface area contributed by atoms with Crippen molar-refractivity contribution >= 4 is 31.6 Å². The first-order valence-corrected chi connectivity index (χ1v) is 18.4. The average Bonchev–Trinajstić information content (AvgIpc) is 3.49. The van der Waals surface area contributed by atoms with E-state index >= 15 is 0 Å². The molecule has 3 aliphatic rings. The smallest absolute Gasteiger partial charge is 0.278 e. The molecule has 12 heteroatoms. The molecule has 238 valence electrons. The van der Waals surface area contributed by atoms with E-state index < -0.39 is 26.0 Å². The van der Waals surface area contributed by atoms with Gasteiger partial charge in [0.25, 0.3) is 26.5 Å². The summed E-state index contributed by atoms with van der Waals surface area (Å²) in [6.45, 7) is 4.86. The van der Waals surface area contributed by atoms with Crippen LogP contribution in [-0.4, -0.2) is 73.2 Å². The SMILES string of the molecule is CCC(=CC1OC2CCC(C)CC2=[N+]1CCCCS(=O)(=O)O)C=C1Oc2ccc(-c3ccccc3)cc2N1CCS(=O)(=O)O. The number of nitrogens with zero attached hydrogens (tertiary/aromatic N) is 2. The van der Waals surface area contributed by atoms with E-state index in [-0.39, 0.29) is 24.6 Å². The lowest BCUT2D eigenvalue weighted by molar-refractivity contribution is -0.583. The summed E-state index contributed by atoms with van der Waals surface area (Å²) in [4.78, 5) is 1.78. The van der Waals surface area contributed by atoms with Crippen molar-refractivity contribution in [1.82, 2.24) is 0 Å². The number of unbranched alkanes of at least 4 members (excludes halogenated alkanes) is 1. The van der Waals surface area contributed by atoms with Crippen LogP contribution in [-0.2, 0) is 25.0 Å². The van der Waals surface area contributed by atoms with Crippen LogP contribution in [0.5, 0.6) is 5.75 Å². The van der Waals surface area contributed by atoms with Crippen molar-refractivity contribution < 1.29 is 40.0 Å². The summed E-state index contributed by atoms with van der Waals surface area (Å²) in [6, 6.07) is 15.6. The van der Waals surface area contributed by atoms with E-state index in [1.165, 1.54) is 5.71 Å². The van der Waals surface area contributed by atoms with Gasteiger partial charge in [0.15, 0.2) is 11.5 Å². The number of benzene rings is 2. The highest BCUT2D eigenvalue weighted by molar-refractivity contribution is 7.86. The van der Waals surface area contributed by atoms with Gasteiger partial charge in [0.2, 0.25) is 5.88 Å². The number of hydrogen-bond acceptors (Lipinski definition) is 7. The molecule has 0 saturated heterocycles. The summed E-state index contributed by atoms with van der Waals surface area (Å²) in [5.41, 5.74) is 4.83. The molecule has 5 rings (SSSR count). The Labute approximate surface area is 260 Å². The summed E-state index contributed by atoms with van der Waals surface area (Å²) in [5, 5.41) is 0. The van der Waals surface area contributed by atoms with Crippen LogP contribution in [0.2, 0.25) is 0 Å². The Kier molecular flexibility index (Phi) is 9.96. The van der Waals surface area contributed by atoms with Gasteiger partial charge in [-0.1, -0.05) is 50.2 Å². The van der Waals surface area contributed by atoms with Gasteiger partial charge in [-0.05, 0) is 60.4 Å². The summed E-state index contributed by atoms with van der Waals surface area (Å²) >= 11 is 0. The molecule has 10 nitrogen and oxygen atoms in total. The predicted molar refractivity (Wildman–Crippen MR) is 170 cm³/mol. The van der Waals surface area contributed by atoms with E-state index in [2.05, 4.69) is 17.6 Å². The molecule has 0 amide bonds. The van der Waals surface area contributed by atoms with Crippen molar-refractivity contribution in [3.63, 3.8) is 0 Å². The summed E-state index contributed by atoms with van der Waals surface area (Å²) in [7, 11) is -8.23. The molecule has 1 aliphatic carbocycles. The fourth-order valence-electron chi connectivity index (χ4n) is 6.08. The highest BCUT2D eigenvalue weighted by atomic mass is 32.2. The van der Waals surface area contributed by atoms with Crippen LogP contribution in [0.3, 0.4) is 0 Å². The van der Waals surface area contributed by atoms with Crippen molar-refractivity contribution in [1.29, 1.82) is 0 Å². The van der Waals surface area contributed by atoms with Crippen molar-refractivity contribution in [3.05, 3.63) is 72.1 Å². The van der Waals surface area contributed by atoms with Gasteiger partial charge < -0.3 is 14.4 Å². The molecule has 2 N–H and O–H groups in total. The third-order valence-electron chi connectivity index (χ3n) is 8.37. The van der Waals surface area contributed by atoms with E-state index in [9.17, 15) is 21.4 Å².